The Kier molecular flexibility index (Phi) is 13.8. The van der Waals surface area contributed by atoms with Gasteiger partial charge in [0.05, 0.1) is 55.0 Å². The largest absolute Gasteiger partial charge is 0.456 e. The smallest absolute Gasteiger partial charge is 0.338 e. The standard InChI is InChI=1S/C51H59NO17/c1-26-32(66-46(62)39(57)36(28-15-9-6-10-16-28)52-44(60)29-17-11-7-12-18-29)22-51(63)43(68-45(61)30-19-13-8-14-20-30)41-49(5,42(59)38(56)35(26)48(51,3)4)33(21-34-50(41,25-65-34)69-27(2)54)67-47-40(58)37(55)31(23-53)24-64-47/h6-20,31-34,36-41,43,47,53,55-58,63H,21-25H2,1-5H3,(H,52,60)/t31-,32+,33+,34-,36+,37+,38-,39-,40-,41+,43+,47+,49-,50+,51-/m1/s1. The highest BCUT2D eigenvalue weighted by molar-refractivity contribution is 5.95. The fourth-order valence-electron chi connectivity index (χ4n) is 11.4. The molecule has 0 spiro atoms. The molecule has 5 aliphatic rings. The summed E-state index contributed by atoms with van der Waals surface area (Å²) in [5.41, 5.74) is -7.56. The summed E-state index contributed by atoms with van der Waals surface area (Å²) >= 11 is 0. The van der Waals surface area contributed by atoms with Crippen LogP contribution in [0.4, 0.5) is 0 Å². The van der Waals surface area contributed by atoms with E-state index in [1.165, 1.54) is 39.8 Å². The van der Waals surface area contributed by atoms with Gasteiger partial charge in [-0.3, -0.25) is 14.4 Å². The number of ketones is 1. The van der Waals surface area contributed by atoms with Crippen molar-refractivity contribution in [1.82, 2.24) is 5.32 Å². The molecule has 2 heterocycles. The number of ether oxygens (including phenoxy) is 6. The highest BCUT2D eigenvalue weighted by Gasteiger charge is 2.78. The minimum absolute atomic E-state index is 0.0325. The lowest BCUT2D eigenvalue weighted by Crippen LogP contribution is -2.82. The predicted molar refractivity (Wildman–Crippen MR) is 239 cm³/mol. The molecule has 0 unspecified atom stereocenters. The maximum absolute atomic E-state index is 15.8. The summed E-state index contributed by atoms with van der Waals surface area (Å²) in [4.78, 5) is 71.4. The van der Waals surface area contributed by atoms with E-state index in [9.17, 15) is 49.8 Å². The van der Waals surface area contributed by atoms with Gasteiger partial charge in [-0.1, -0.05) is 80.6 Å². The van der Waals surface area contributed by atoms with Crippen molar-refractivity contribution < 1.29 is 83.0 Å². The Hall–Kier alpha value is -5.41. The van der Waals surface area contributed by atoms with Gasteiger partial charge in [-0.25, -0.2) is 9.59 Å². The normalized spacial score (nSPS) is 35.6. The fourth-order valence-corrected chi connectivity index (χ4v) is 11.4. The molecule has 15 atom stereocenters. The Morgan fingerprint density at radius 2 is 1.46 bits per heavy atom. The van der Waals surface area contributed by atoms with Crippen molar-refractivity contribution in [3.05, 3.63) is 119 Å². The van der Waals surface area contributed by atoms with Gasteiger partial charge in [-0.05, 0) is 54.8 Å². The van der Waals surface area contributed by atoms with E-state index in [-0.39, 0.29) is 41.9 Å². The Labute approximate surface area is 398 Å². The van der Waals surface area contributed by atoms with E-state index in [0.717, 1.165) is 6.92 Å². The quantitative estimate of drug-likeness (QED) is 0.0776. The van der Waals surface area contributed by atoms with Gasteiger partial charge in [0.25, 0.3) is 5.91 Å². The van der Waals surface area contributed by atoms with Crippen molar-refractivity contribution in [3.8, 4) is 0 Å². The number of hydrogen-bond acceptors (Lipinski definition) is 17. The van der Waals surface area contributed by atoms with Crippen LogP contribution in [-0.2, 0) is 42.8 Å². The number of carbonyl (C=O) groups excluding carboxylic acids is 5. The van der Waals surface area contributed by atoms with Gasteiger partial charge in [-0.15, -0.1) is 0 Å². The molecule has 3 aromatic carbocycles. The Morgan fingerprint density at radius 3 is 2.04 bits per heavy atom. The Balaban J connectivity index is 1.26. The van der Waals surface area contributed by atoms with E-state index in [1.807, 2.05) is 0 Å². The molecule has 2 saturated heterocycles. The Morgan fingerprint density at radius 1 is 0.855 bits per heavy atom. The first kappa shape index (κ1) is 50.0. The number of Topliss-reactive ketones (excluding diaryl/α,β-unsaturated/α-hetero) is 1. The van der Waals surface area contributed by atoms with Crippen LogP contribution in [0.1, 0.15) is 79.8 Å². The van der Waals surface area contributed by atoms with E-state index in [4.69, 9.17) is 28.4 Å². The molecule has 7 N–H and O–H groups in total. The number of amides is 1. The topological polar surface area (TPSA) is 274 Å². The second kappa shape index (κ2) is 19.1. The molecule has 18 nitrogen and oxygen atoms in total. The number of nitrogens with one attached hydrogen (secondary N) is 1. The molecular weight excluding hydrogens is 899 g/mol. The molecule has 3 aliphatic carbocycles. The maximum Gasteiger partial charge on any atom is 0.338 e. The second-order valence-electron chi connectivity index (χ2n) is 19.5. The third kappa shape index (κ3) is 8.48. The lowest BCUT2D eigenvalue weighted by molar-refractivity contribution is -0.365. The van der Waals surface area contributed by atoms with Crippen LogP contribution in [0.25, 0.3) is 0 Å². The molecule has 2 saturated carbocycles. The highest BCUT2D eigenvalue weighted by Crippen LogP contribution is 2.65. The van der Waals surface area contributed by atoms with Crippen LogP contribution in [0.3, 0.4) is 0 Å². The van der Waals surface area contributed by atoms with Crippen molar-refractivity contribution >= 4 is 29.6 Å². The Bertz CT molecular complexity index is 2450. The number of hydrogen-bond donors (Lipinski definition) is 7. The van der Waals surface area contributed by atoms with Gasteiger partial charge in [-0.2, -0.15) is 0 Å². The third-order valence-electron chi connectivity index (χ3n) is 15.3. The number of benzene rings is 3. The zero-order valence-corrected chi connectivity index (χ0v) is 38.8. The molecule has 0 radical (unpaired) electrons. The predicted octanol–water partition coefficient (Wildman–Crippen LogP) is 1.88. The van der Waals surface area contributed by atoms with Crippen LogP contribution in [-0.4, -0.2) is 146 Å². The van der Waals surface area contributed by atoms with Crippen LogP contribution < -0.4 is 5.32 Å². The van der Waals surface area contributed by atoms with Crippen molar-refractivity contribution in [2.45, 2.75) is 120 Å². The van der Waals surface area contributed by atoms with E-state index in [0.29, 0.717) is 5.56 Å². The second-order valence-corrected chi connectivity index (χ2v) is 19.5. The van der Waals surface area contributed by atoms with Crippen molar-refractivity contribution in [2.24, 2.45) is 22.7 Å². The lowest BCUT2D eigenvalue weighted by Gasteiger charge is -2.68. The van der Waals surface area contributed by atoms with Gasteiger partial charge in [0.1, 0.15) is 36.1 Å². The van der Waals surface area contributed by atoms with E-state index in [1.54, 1.807) is 78.9 Å². The summed E-state index contributed by atoms with van der Waals surface area (Å²) < 4.78 is 37.1. The maximum atomic E-state index is 15.8. The van der Waals surface area contributed by atoms with Gasteiger partial charge in [0.2, 0.25) is 0 Å². The zero-order valence-electron chi connectivity index (χ0n) is 38.8. The molecule has 370 valence electrons. The summed E-state index contributed by atoms with van der Waals surface area (Å²) in [5.74, 6) is -7.13. The minimum atomic E-state index is -2.46. The molecular formula is C51H59NO17. The minimum Gasteiger partial charge on any atom is -0.456 e. The van der Waals surface area contributed by atoms with Crippen LogP contribution in [0.5, 0.6) is 0 Å². The number of aliphatic hydroxyl groups is 6. The molecule has 3 aromatic rings. The van der Waals surface area contributed by atoms with Gasteiger partial charge in [0.15, 0.2) is 23.8 Å². The molecule has 4 fully saturated rings. The molecule has 0 aromatic heterocycles. The first-order valence-corrected chi connectivity index (χ1v) is 23.0. The van der Waals surface area contributed by atoms with E-state index < -0.39 is 138 Å². The molecule has 8 rings (SSSR count). The first-order valence-electron chi connectivity index (χ1n) is 23.0. The summed E-state index contributed by atoms with van der Waals surface area (Å²) in [6.07, 6.45) is -15.9. The summed E-state index contributed by atoms with van der Waals surface area (Å²) in [7, 11) is 0. The number of rotatable bonds is 12. The summed E-state index contributed by atoms with van der Waals surface area (Å²) in [6.45, 7) is 5.95. The van der Waals surface area contributed by atoms with E-state index in [2.05, 4.69) is 5.32 Å². The average molecular weight is 958 g/mol. The lowest BCUT2D eigenvalue weighted by atomic mass is 9.44. The fraction of sp³-hybridized carbons (Fsp3) is 0.510. The molecule has 69 heavy (non-hydrogen) atoms. The number of fused-ring (bicyclic) bond motifs is 5. The molecule has 1 amide bonds. The number of aliphatic hydroxyl groups excluding tert-OH is 5. The number of esters is 3. The highest BCUT2D eigenvalue weighted by atomic mass is 16.7. The van der Waals surface area contributed by atoms with E-state index >= 15 is 4.79 Å². The average Bonchev–Trinajstić information content (AvgIpc) is 3.33. The van der Waals surface area contributed by atoms with Crippen LogP contribution >= 0.6 is 0 Å². The first-order chi connectivity index (χ1) is 32.7. The molecule has 2 bridgehead atoms. The van der Waals surface area contributed by atoms with Crippen LogP contribution in [0.15, 0.2) is 102 Å². The van der Waals surface area contributed by atoms with Crippen molar-refractivity contribution in [1.29, 1.82) is 0 Å². The van der Waals surface area contributed by atoms with Crippen molar-refractivity contribution in [3.63, 3.8) is 0 Å². The summed E-state index contributed by atoms with van der Waals surface area (Å²) in [6, 6.07) is 22.8. The zero-order chi connectivity index (χ0) is 49.8. The molecule has 2 aliphatic heterocycles. The SMILES string of the molecule is CC(=O)O[C@@]12CO[C@@H]1C[C@H](O[C@@H]1OC[C@@H](CO)[C@H](O)[C@H]1O)[C@@]1(C)C(=O)[C@H](O)C3=C(C)[C@@H](OC(=O)[C@H](O)[C@@H](NC(=O)c4ccccc4)c4ccccc4)C[C@@](O)([C@@H](OC(=O)c4ccccc4)[C@H]21)C3(C)C. The van der Waals surface area contributed by atoms with Gasteiger partial charge < -0.3 is 64.4 Å². The van der Waals surface area contributed by atoms with Crippen LogP contribution in [0.2, 0.25) is 0 Å². The monoisotopic (exact) mass is 957 g/mol. The third-order valence-corrected chi connectivity index (χ3v) is 15.3. The number of carbonyl (C=O) groups is 5. The van der Waals surface area contributed by atoms with Gasteiger partial charge in [0, 0.05) is 36.7 Å². The van der Waals surface area contributed by atoms with Crippen molar-refractivity contribution in [2.75, 3.05) is 19.8 Å². The molecule has 18 heteroatoms. The van der Waals surface area contributed by atoms with Crippen LogP contribution in [0, 0.1) is 22.7 Å². The summed E-state index contributed by atoms with van der Waals surface area (Å²) in [5, 5.41) is 73.0. The van der Waals surface area contributed by atoms with Gasteiger partial charge >= 0.3 is 17.9 Å².